The molecule has 1 atom stereocenters. The number of aromatic nitrogens is 2. The van der Waals surface area contributed by atoms with Crippen molar-refractivity contribution in [3.8, 4) is 17.2 Å². The maximum Gasteiger partial charge on any atom is 0.437 e. The van der Waals surface area contributed by atoms with Crippen molar-refractivity contribution in [2.75, 3.05) is 12.4 Å². The number of carbonyl (C=O) groups excluding carboxylic acids is 2. The van der Waals surface area contributed by atoms with Crippen LogP contribution in [-0.4, -0.2) is 28.8 Å². The summed E-state index contributed by atoms with van der Waals surface area (Å²) in [6, 6.07) is 18.9. The number of esters is 1. The number of anilines is 1. The highest BCUT2D eigenvalue weighted by Crippen LogP contribution is 2.28. The first-order valence-corrected chi connectivity index (χ1v) is 10.9. The number of hydrogen-bond acceptors (Lipinski definition) is 7. The first kappa shape index (κ1) is 24.4. The summed E-state index contributed by atoms with van der Waals surface area (Å²) in [5.41, 5.74) is 2.08. The molecule has 1 unspecified atom stereocenters. The molecule has 3 aromatic carbocycles. The van der Waals surface area contributed by atoms with E-state index in [4.69, 9.17) is 13.9 Å². The Labute approximate surface area is 205 Å². The van der Waals surface area contributed by atoms with Gasteiger partial charge in [-0.2, -0.15) is 4.68 Å². The van der Waals surface area contributed by atoms with Gasteiger partial charge in [-0.1, -0.05) is 36.4 Å². The Balaban J connectivity index is 1.54. The molecule has 0 fully saturated rings. The van der Waals surface area contributed by atoms with Gasteiger partial charge in [0.2, 0.25) is 12.0 Å². The number of nitrogens with zero attached hydrogens (tertiary/aromatic N) is 2. The lowest BCUT2D eigenvalue weighted by Gasteiger charge is -2.19. The molecule has 10 heteroatoms. The molecule has 0 saturated carbocycles. The number of benzene rings is 3. The van der Waals surface area contributed by atoms with Gasteiger partial charge in [-0.05, 0) is 48.9 Å². The Kier molecular flexibility index (Phi) is 7.24. The smallest absolute Gasteiger partial charge is 0.437 e. The van der Waals surface area contributed by atoms with E-state index in [2.05, 4.69) is 10.4 Å². The molecule has 0 radical (unpaired) electrons. The average molecular weight is 491 g/mol. The zero-order chi connectivity index (χ0) is 25.7. The minimum Gasteiger partial charge on any atom is -0.495 e. The molecule has 1 amide bonds. The van der Waals surface area contributed by atoms with E-state index in [1.165, 1.54) is 31.4 Å². The Bertz CT molecular complexity index is 1430. The van der Waals surface area contributed by atoms with Gasteiger partial charge in [0.15, 0.2) is 0 Å². The molecule has 0 aliphatic carbocycles. The zero-order valence-corrected chi connectivity index (χ0v) is 19.4. The molecule has 1 heterocycles. The summed E-state index contributed by atoms with van der Waals surface area (Å²) in [4.78, 5) is 38.1. The molecule has 1 N–H and O–H groups in total. The van der Waals surface area contributed by atoms with Crippen molar-refractivity contribution >= 4 is 17.6 Å². The molecule has 0 spiro atoms. The lowest BCUT2D eigenvalue weighted by Crippen LogP contribution is -2.29. The SMILES string of the molecule is COc1ccc(C)cc1NC(=O)C(OC(=O)Cn1nc(-c2ccc(F)cc2)oc1=O)c1ccccc1. The van der Waals surface area contributed by atoms with E-state index in [1.807, 2.05) is 13.0 Å². The van der Waals surface area contributed by atoms with Crippen LogP contribution in [0.4, 0.5) is 10.1 Å². The molecule has 9 nitrogen and oxygen atoms in total. The molecule has 1 aromatic heterocycles. The molecule has 184 valence electrons. The monoisotopic (exact) mass is 491 g/mol. The number of nitrogens with one attached hydrogen (secondary N) is 1. The number of amides is 1. The number of ether oxygens (including phenoxy) is 2. The van der Waals surface area contributed by atoms with Crippen LogP contribution in [0.15, 0.2) is 82.0 Å². The molecule has 0 bridgehead atoms. The van der Waals surface area contributed by atoms with Crippen molar-refractivity contribution in [3.05, 3.63) is 100 Å². The summed E-state index contributed by atoms with van der Waals surface area (Å²) in [5, 5.41) is 6.71. The number of aryl methyl sites for hydroxylation is 1. The van der Waals surface area contributed by atoms with E-state index < -0.39 is 36.1 Å². The number of rotatable bonds is 8. The van der Waals surface area contributed by atoms with Gasteiger partial charge >= 0.3 is 11.7 Å². The minimum atomic E-state index is -1.32. The van der Waals surface area contributed by atoms with Gasteiger partial charge in [-0.25, -0.2) is 9.18 Å². The first-order valence-electron chi connectivity index (χ1n) is 10.9. The summed E-state index contributed by atoms with van der Waals surface area (Å²) in [6.45, 7) is 1.26. The highest BCUT2D eigenvalue weighted by atomic mass is 19.1. The van der Waals surface area contributed by atoms with E-state index in [9.17, 15) is 18.8 Å². The Morgan fingerprint density at radius 3 is 2.50 bits per heavy atom. The average Bonchev–Trinajstić information content (AvgIpc) is 3.23. The van der Waals surface area contributed by atoms with Crippen molar-refractivity contribution in [2.45, 2.75) is 19.6 Å². The summed E-state index contributed by atoms with van der Waals surface area (Å²) < 4.78 is 29.8. The molecule has 0 aliphatic heterocycles. The zero-order valence-electron chi connectivity index (χ0n) is 19.4. The van der Waals surface area contributed by atoms with Crippen LogP contribution in [0, 0.1) is 12.7 Å². The molecule has 36 heavy (non-hydrogen) atoms. The van der Waals surface area contributed by atoms with Crippen LogP contribution in [0.2, 0.25) is 0 Å². The first-order chi connectivity index (χ1) is 17.3. The Hall–Kier alpha value is -4.73. The largest absolute Gasteiger partial charge is 0.495 e. The van der Waals surface area contributed by atoms with Gasteiger partial charge in [0.25, 0.3) is 5.91 Å². The fourth-order valence-electron chi connectivity index (χ4n) is 3.42. The predicted octanol–water partition coefficient (Wildman–Crippen LogP) is 3.88. The van der Waals surface area contributed by atoms with E-state index in [0.29, 0.717) is 22.6 Å². The van der Waals surface area contributed by atoms with E-state index in [1.54, 1.807) is 42.5 Å². The summed E-state index contributed by atoms with van der Waals surface area (Å²) >= 11 is 0. The molecule has 0 aliphatic rings. The standard InChI is InChI=1S/C26H22FN3O6/c1-16-8-13-21(34-2)20(14-16)28-24(32)23(17-6-4-3-5-7-17)35-22(31)15-30-26(33)36-25(29-30)18-9-11-19(27)12-10-18/h3-14,23H,15H2,1-2H3,(H,28,32). The highest BCUT2D eigenvalue weighted by molar-refractivity contribution is 5.97. The Morgan fingerprint density at radius 2 is 1.81 bits per heavy atom. The van der Waals surface area contributed by atoms with Crippen LogP contribution in [-0.2, 0) is 20.9 Å². The topological polar surface area (TPSA) is 113 Å². The third kappa shape index (κ3) is 5.66. The van der Waals surface area contributed by atoms with Crippen LogP contribution in [0.25, 0.3) is 11.5 Å². The number of methoxy groups -OCH3 is 1. The van der Waals surface area contributed by atoms with Crippen LogP contribution in [0.1, 0.15) is 17.2 Å². The third-order valence-electron chi connectivity index (χ3n) is 5.18. The lowest BCUT2D eigenvalue weighted by atomic mass is 10.1. The number of halogens is 1. The second-order valence-electron chi connectivity index (χ2n) is 7.81. The van der Waals surface area contributed by atoms with E-state index in [-0.39, 0.29) is 5.89 Å². The van der Waals surface area contributed by atoms with Crippen LogP contribution >= 0.6 is 0 Å². The van der Waals surface area contributed by atoms with Gasteiger partial charge in [0.05, 0.1) is 12.8 Å². The van der Waals surface area contributed by atoms with Crippen LogP contribution < -0.4 is 15.8 Å². The van der Waals surface area contributed by atoms with Crippen LogP contribution in [0.5, 0.6) is 5.75 Å². The van der Waals surface area contributed by atoms with Gasteiger partial charge in [-0.15, -0.1) is 5.10 Å². The van der Waals surface area contributed by atoms with Gasteiger partial charge < -0.3 is 19.2 Å². The number of carbonyl (C=O) groups is 2. The summed E-state index contributed by atoms with van der Waals surface area (Å²) in [6.07, 6.45) is -1.32. The number of hydrogen-bond donors (Lipinski definition) is 1. The van der Waals surface area contributed by atoms with Crippen molar-refractivity contribution in [2.24, 2.45) is 0 Å². The molecular weight excluding hydrogens is 469 g/mol. The fourth-order valence-corrected chi connectivity index (χ4v) is 3.42. The van der Waals surface area contributed by atoms with Crippen molar-refractivity contribution in [3.63, 3.8) is 0 Å². The van der Waals surface area contributed by atoms with Crippen molar-refractivity contribution < 1.29 is 27.9 Å². The maximum atomic E-state index is 13.2. The maximum absolute atomic E-state index is 13.2. The molecule has 4 aromatic rings. The normalized spacial score (nSPS) is 11.5. The van der Waals surface area contributed by atoms with Crippen LogP contribution in [0.3, 0.4) is 0 Å². The predicted molar refractivity (Wildman–Crippen MR) is 128 cm³/mol. The molecular formula is C26H22FN3O6. The van der Waals surface area contributed by atoms with Crippen molar-refractivity contribution in [1.82, 2.24) is 9.78 Å². The summed E-state index contributed by atoms with van der Waals surface area (Å²) in [7, 11) is 1.48. The van der Waals surface area contributed by atoms with Gasteiger partial charge in [0, 0.05) is 11.1 Å². The highest BCUT2D eigenvalue weighted by Gasteiger charge is 2.27. The second kappa shape index (κ2) is 10.7. The third-order valence-corrected chi connectivity index (χ3v) is 5.18. The summed E-state index contributed by atoms with van der Waals surface area (Å²) in [5.74, 6) is -2.52. The minimum absolute atomic E-state index is 0.0864. The van der Waals surface area contributed by atoms with Gasteiger partial charge in [0.1, 0.15) is 18.1 Å². The molecule has 4 rings (SSSR count). The van der Waals surface area contributed by atoms with Gasteiger partial charge in [-0.3, -0.25) is 9.59 Å². The Morgan fingerprint density at radius 1 is 1.08 bits per heavy atom. The quantitative estimate of drug-likeness (QED) is 0.372. The van der Waals surface area contributed by atoms with E-state index in [0.717, 1.165) is 10.2 Å². The molecule has 0 saturated heterocycles. The lowest BCUT2D eigenvalue weighted by molar-refractivity contribution is -0.155. The second-order valence-corrected chi connectivity index (χ2v) is 7.81. The fraction of sp³-hybridized carbons (Fsp3) is 0.154. The van der Waals surface area contributed by atoms with E-state index >= 15 is 0 Å². The van der Waals surface area contributed by atoms with Crippen molar-refractivity contribution in [1.29, 1.82) is 0 Å².